The third-order valence-corrected chi connectivity index (χ3v) is 8.72. The van der Waals surface area contributed by atoms with Crippen LogP contribution in [0.1, 0.15) is 70.4 Å². The van der Waals surface area contributed by atoms with Gasteiger partial charge in [-0.2, -0.15) is 0 Å². The maximum absolute atomic E-state index is 13.9. The minimum absolute atomic E-state index is 0.0553. The Morgan fingerprint density at radius 1 is 0.951 bits per heavy atom. The molecule has 0 saturated heterocycles. The van der Waals surface area contributed by atoms with Gasteiger partial charge in [0.15, 0.2) is 23.1 Å². The number of benzene rings is 2. The van der Waals surface area contributed by atoms with E-state index in [1.54, 1.807) is 12.0 Å². The molecular formula is C33H36BrNO6. The Morgan fingerprint density at radius 2 is 1.51 bits per heavy atom. The number of methoxy groups -OCH3 is 1. The van der Waals surface area contributed by atoms with E-state index in [1.807, 2.05) is 70.2 Å². The molecule has 216 valence electrons. The Kier molecular flexibility index (Phi) is 7.66. The van der Waals surface area contributed by atoms with Gasteiger partial charge in [0.05, 0.1) is 11.6 Å². The fourth-order valence-electron chi connectivity index (χ4n) is 6.48. The highest BCUT2D eigenvalue weighted by Crippen LogP contribution is 2.55. The molecule has 0 saturated carbocycles. The molecule has 0 bridgehead atoms. The Bertz CT molecular complexity index is 1430. The summed E-state index contributed by atoms with van der Waals surface area (Å²) in [7, 11) is 1.56. The van der Waals surface area contributed by atoms with Crippen molar-refractivity contribution in [2.45, 2.75) is 65.9 Å². The number of ketones is 2. The summed E-state index contributed by atoms with van der Waals surface area (Å²) < 4.78 is 12.6. The van der Waals surface area contributed by atoms with Crippen molar-refractivity contribution in [1.29, 1.82) is 0 Å². The molecule has 3 aliphatic rings. The Morgan fingerprint density at radius 3 is 2.02 bits per heavy atom. The first-order chi connectivity index (χ1) is 19.3. The van der Waals surface area contributed by atoms with Crippen molar-refractivity contribution in [1.82, 2.24) is 4.90 Å². The molecule has 0 fully saturated rings. The van der Waals surface area contributed by atoms with Gasteiger partial charge < -0.3 is 19.5 Å². The van der Waals surface area contributed by atoms with E-state index in [0.717, 1.165) is 11.1 Å². The van der Waals surface area contributed by atoms with E-state index in [-0.39, 0.29) is 28.9 Å². The lowest BCUT2D eigenvalue weighted by Gasteiger charge is -2.48. The van der Waals surface area contributed by atoms with Crippen LogP contribution in [0.15, 0.2) is 69.5 Å². The van der Waals surface area contributed by atoms with Gasteiger partial charge in [-0.05, 0) is 62.9 Å². The lowest BCUT2D eigenvalue weighted by Crippen LogP contribution is -2.45. The summed E-state index contributed by atoms with van der Waals surface area (Å²) in [5, 5.41) is 9.90. The molecule has 2 aromatic rings. The number of halogens is 1. The lowest BCUT2D eigenvalue weighted by molar-refractivity contribution is -0.138. The minimum atomic E-state index is -1.00. The number of ether oxygens (including phenoxy) is 2. The van der Waals surface area contributed by atoms with Crippen LogP contribution in [0.25, 0.3) is 0 Å². The monoisotopic (exact) mass is 621 g/mol. The van der Waals surface area contributed by atoms with Crippen LogP contribution < -0.4 is 9.47 Å². The minimum Gasteiger partial charge on any atom is -0.493 e. The van der Waals surface area contributed by atoms with Crippen LogP contribution >= 0.6 is 15.9 Å². The summed E-state index contributed by atoms with van der Waals surface area (Å²) in [5.41, 5.74) is 3.52. The Balaban J connectivity index is 1.68. The first-order valence-electron chi connectivity index (χ1n) is 13.9. The molecule has 7 nitrogen and oxygen atoms in total. The molecule has 1 heterocycles. The average molecular weight is 623 g/mol. The van der Waals surface area contributed by atoms with Crippen LogP contribution in [0, 0.1) is 10.8 Å². The molecule has 2 aliphatic carbocycles. The number of rotatable bonds is 7. The summed E-state index contributed by atoms with van der Waals surface area (Å²) in [6.07, 6.45) is 1.73. The van der Waals surface area contributed by atoms with E-state index in [0.29, 0.717) is 70.8 Å². The van der Waals surface area contributed by atoms with Crippen LogP contribution in [-0.4, -0.2) is 41.2 Å². The molecule has 1 N–H and O–H groups in total. The summed E-state index contributed by atoms with van der Waals surface area (Å²) in [5.74, 6) is -0.724. The molecule has 2 aromatic carbocycles. The number of carbonyl (C=O) groups excluding carboxylic acids is 2. The van der Waals surface area contributed by atoms with Gasteiger partial charge in [-0.3, -0.25) is 14.4 Å². The first-order valence-corrected chi connectivity index (χ1v) is 14.7. The van der Waals surface area contributed by atoms with Crippen molar-refractivity contribution in [2.75, 3.05) is 13.7 Å². The third-order valence-electron chi connectivity index (χ3n) is 8.13. The summed E-state index contributed by atoms with van der Waals surface area (Å²) in [4.78, 5) is 41.6. The molecule has 0 spiro atoms. The van der Waals surface area contributed by atoms with E-state index in [1.165, 1.54) is 0 Å². The molecule has 5 rings (SSSR count). The van der Waals surface area contributed by atoms with Gasteiger partial charge in [-0.15, -0.1) is 0 Å². The van der Waals surface area contributed by atoms with Crippen molar-refractivity contribution in [3.63, 3.8) is 0 Å². The number of allylic oxidation sites excluding steroid dienone is 4. The second-order valence-electron chi connectivity index (χ2n) is 12.8. The van der Waals surface area contributed by atoms with E-state index < -0.39 is 11.9 Å². The predicted octanol–water partition coefficient (Wildman–Crippen LogP) is 6.81. The van der Waals surface area contributed by atoms with E-state index in [4.69, 9.17) is 9.47 Å². The van der Waals surface area contributed by atoms with Gasteiger partial charge in [0.2, 0.25) is 0 Å². The van der Waals surface area contributed by atoms with E-state index in [2.05, 4.69) is 15.9 Å². The van der Waals surface area contributed by atoms with Crippen molar-refractivity contribution < 1.29 is 29.0 Å². The second kappa shape index (κ2) is 10.8. The first kappa shape index (κ1) is 29.1. The number of carboxylic acids is 1. The highest BCUT2D eigenvalue weighted by molar-refractivity contribution is 9.10. The molecule has 0 aromatic heterocycles. The Hall–Kier alpha value is -3.39. The highest BCUT2D eigenvalue weighted by Gasteiger charge is 2.49. The van der Waals surface area contributed by atoms with Gasteiger partial charge in [0.25, 0.3) is 0 Å². The molecule has 8 heteroatoms. The quantitative estimate of drug-likeness (QED) is 0.363. The van der Waals surface area contributed by atoms with Crippen LogP contribution in [-0.2, 0) is 21.0 Å². The molecule has 0 radical (unpaired) electrons. The van der Waals surface area contributed by atoms with E-state index in [9.17, 15) is 19.5 Å². The molecule has 0 unspecified atom stereocenters. The smallest absolute Gasteiger partial charge is 0.323 e. The largest absolute Gasteiger partial charge is 0.493 e. The van der Waals surface area contributed by atoms with Gasteiger partial charge in [0.1, 0.15) is 13.2 Å². The zero-order valence-corrected chi connectivity index (χ0v) is 25.8. The number of carboxylic acid groups (broad SMARTS) is 1. The van der Waals surface area contributed by atoms with Crippen molar-refractivity contribution in [3.8, 4) is 11.5 Å². The predicted molar refractivity (Wildman–Crippen MR) is 159 cm³/mol. The fourth-order valence-corrected chi connectivity index (χ4v) is 7.06. The normalized spacial score (nSPS) is 20.1. The number of Topliss-reactive ketones (excluding diaryl/α,β-unsaturated/α-hetero) is 2. The number of nitrogens with zero attached hydrogens (tertiary/aromatic N) is 1. The Labute approximate surface area is 249 Å². The summed E-state index contributed by atoms with van der Waals surface area (Å²) in [6.45, 7) is 8.16. The van der Waals surface area contributed by atoms with Gasteiger partial charge in [-0.1, -0.05) is 58.0 Å². The van der Waals surface area contributed by atoms with Crippen LogP contribution in [0.3, 0.4) is 0 Å². The lowest BCUT2D eigenvalue weighted by atomic mass is 9.63. The van der Waals surface area contributed by atoms with Crippen molar-refractivity contribution in [2.24, 2.45) is 10.8 Å². The van der Waals surface area contributed by atoms with Crippen molar-refractivity contribution in [3.05, 3.63) is 80.6 Å². The van der Waals surface area contributed by atoms with E-state index >= 15 is 0 Å². The zero-order chi connectivity index (χ0) is 29.7. The molecule has 0 amide bonds. The molecule has 41 heavy (non-hydrogen) atoms. The standard InChI is InChI=1S/C33H36BrNO6/c1-32(2)13-22-29(24(36)15-32)28(30-23(35(22)17-27(38)39)14-33(3,4)16-25(30)37)20-11-21(34)31(26(12-20)40-5)41-18-19-9-7-6-8-10-19/h6-12,28H,13-18H2,1-5H3,(H,38,39). The van der Waals surface area contributed by atoms with Gasteiger partial charge in [-0.25, -0.2) is 0 Å². The van der Waals surface area contributed by atoms with Crippen LogP contribution in [0.5, 0.6) is 11.5 Å². The summed E-state index contributed by atoms with van der Waals surface area (Å²) >= 11 is 3.67. The summed E-state index contributed by atoms with van der Waals surface area (Å²) in [6, 6.07) is 13.6. The number of hydrogen-bond donors (Lipinski definition) is 1. The highest BCUT2D eigenvalue weighted by atomic mass is 79.9. The zero-order valence-electron chi connectivity index (χ0n) is 24.2. The maximum atomic E-state index is 13.9. The fraction of sp³-hybridized carbons (Fsp3) is 0.424. The number of aliphatic carboxylic acids is 1. The molecule has 1 aliphatic heterocycles. The van der Waals surface area contributed by atoms with Crippen LogP contribution in [0.4, 0.5) is 0 Å². The van der Waals surface area contributed by atoms with Crippen LogP contribution in [0.2, 0.25) is 0 Å². The van der Waals surface area contributed by atoms with Gasteiger partial charge >= 0.3 is 5.97 Å². The maximum Gasteiger partial charge on any atom is 0.323 e. The number of hydrogen-bond acceptors (Lipinski definition) is 6. The average Bonchev–Trinajstić information content (AvgIpc) is 2.87. The SMILES string of the molecule is COc1cc(C2C3=C(CC(C)(C)CC3=O)N(CC(=O)O)C3=C2C(=O)CC(C)(C)C3)cc(Br)c1OCc1ccccc1. The molecular weight excluding hydrogens is 586 g/mol. The van der Waals surface area contributed by atoms with Crippen molar-refractivity contribution >= 4 is 33.5 Å². The number of carbonyl (C=O) groups is 3. The third kappa shape index (κ3) is 5.71. The second-order valence-corrected chi connectivity index (χ2v) is 13.7. The molecule has 0 atom stereocenters. The van der Waals surface area contributed by atoms with Gasteiger partial charge in [0, 0.05) is 41.3 Å². The topological polar surface area (TPSA) is 93.1 Å².